The molecular formula is C14H20N4O2. The second kappa shape index (κ2) is 7.46. The Labute approximate surface area is 119 Å². The molecule has 0 saturated carbocycles. The van der Waals surface area contributed by atoms with Crippen LogP contribution in [0.15, 0.2) is 18.2 Å². The highest BCUT2D eigenvalue weighted by Gasteiger charge is 2.13. The second-order valence-corrected chi connectivity index (χ2v) is 4.63. The molecule has 108 valence electrons. The lowest BCUT2D eigenvalue weighted by Gasteiger charge is -2.24. The first-order valence-electron chi connectivity index (χ1n) is 6.69. The van der Waals surface area contributed by atoms with Gasteiger partial charge in [-0.1, -0.05) is 13.8 Å². The van der Waals surface area contributed by atoms with Crippen LogP contribution >= 0.6 is 0 Å². The van der Waals surface area contributed by atoms with Crippen molar-refractivity contribution in [2.24, 2.45) is 0 Å². The summed E-state index contributed by atoms with van der Waals surface area (Å²) >= 11 is 0. The van der Waals surface area contributed by atoms with Crippen LogP contribution in [0.1, 0.15) is 26.3 Å². The van der Waals surface area contributed by atoms with Crippen LogP contribution in [0.2, 0.25) is 0 Å². The van der Waals surface area contributed by atoms with Crippen molar-refractivity contribution >= 4 is 11.4 Å². The topological polar surface area (TPSA) is 82.2 Å². The van der Waals surface area contributed by atoms with Crippen molar-refractivity contribution in [1.82, 2.24) is 4.90 Å². The molecule has 1 N–H and O–H groups in total. The van der Waals surface area contributed by atoms with Crippen LogP contribution < -0.4 is 5.32 Å². The molecular weight excluding hydrogens is 256 g/mol. The number of anilines is 1. The summed E-state index contributed by atoms with van der Waals surface area (Å²) < 4.78 is 0. The van der Waals surface area contributed by atoms with Gasteiger partial charge in [0.25, 0.3) is 5.69 Å². The third-order valence-electron chi connectivity index (χ3n) is 3.16. The fourth-order valence-electron chi connectivity index (χ4n) is 2.04. The molecule has 1 aromatic rings. The van der Waals surface area contributed by atoms with Gasteiger partial charge in [0.05, 0.1) is 16.2 Å². The summed E-state index contributed by atoms with van der Waals surface area (Å²) in [6.45, 7) is 9.02. The molecule has 1 atom stereocenters. The molecule has 0 amide bonds. The normalized spacial score (nSPS) is 11.9. The number of nitro benzene ring substituents is 1. The van der Waals surface area contributed by atoms with E-state index in [9.17, 15) is 10.1 Å². The molecule has 0 aliphatic heterocycles. The SMILES string of the molecule is CCN(CC)CC(C)Nc1ccc([N+](=O)[O-])cc1C#N. The molecule has 0 aliphatic carbocycles. The molecule has 1 rings (SSSR count). The maximum absolute atomic E-state index is 10.7. The van der Waals surface area contributed by atoms with E-state index in [1.165, 1.54) is 12.1 Å². The Kier molecular flexibility index (Phi) is 5.94. The average Bonchev–Trinajstić information content (AvgIpc) is 2.44. The third-order valence-corrected chi connectivity index (χ3v) is 3.16. The maximum Gasteiger partial charge on any atom is 0.270 e. The van der Waals surface area contributed by atoms with Crippen LogP contribution in [0.25, 0.3) is 0 Å². The van der Waals surface area contributed by atoms with E-state index in [2.05, 4.69) is 24.1 Å². The average molecular weight is 276 g/mol. The van der Waals surface area contributed by atoms with E-state index in [0.29, 0.717) is 11.3 Å². The van der Waals surface area contributed by atoms with Gasteiger partial charge in [0.15, 0.2) is 0 Å². The van der Waals surface area contributed by atoms with Crippen LogP contribution in [0, 0.1) is 21.4 Å². The van der Waals surface area contributed by atoms with Crippen molar-refractivity contribution in [2.45, 2.75) is 26.8 Å². The Morgan fingerprint density at radius 1 is 1.45 bits per heavy atom. The van der Waals surface area contributed by atoms with E-state index < -0.39 is 4.92 Å². The summed E-state index contributed by atoms with van der Waals surface area (Å²) in [4.78, 5) is 12.5. The molecule has 0 aromatic heterocycles. The van der Waals surface area contributed by atoms with Gasteiger partial charge >= 0.3 is 0 Å². The summed E-state index contributed by atoms with van der Waals surface area (Å²) in [5.41, 5.74) is 0.867. The quantitative estimate of drug-likeness (QED) is 0.611. The summed E-state index contributed by atoms with van der Waals surface area (Å²) in [5, 5.41) is 23.0. The maximum atomic E-state index is 10.7. The number of likely N-dealkylation sites (N-methyl/N-ethyl adjacent to an activating group) is 1. The zero-order valence-corrected chi connectivity index (χ0v) is 12.1. The highest BCUT2D eigenvalue weighted by molar-refractivity contribution is 5.61. The van der Waals surface area contributed by atoms with Crippen molar-refractivity contribution in [3.05, 3.63) is 33.9 Å². The number of hydrogen-bond acceptors (Lipinski definition) is 5. The minimum atomic E-state index is -0.496. The molecule has 0 spiro atoms. The van der Waals surface area contributed by atoms with Crippen LogP contribution in [0.3, 0.4) is 0 Å². The van der Waals surface area contributed by atoms with Gasteiger partial charge < -0.3 is 10.2 Å². The van der Waals surface area contributed by atoms with Gasteiger partial charge in [-0.25, -0.2) is 0 Å². The van der Waals surface area contributed by atoms with Gasteiger partial charge in [0.1, 0.15) is 6.07 Å². The van der Waals surface area contributed by atoms with E-state index in [4.69, 9.17) is 5.26 Å². The lowest BCUT2D eigenvalue weighted by atomic mass is 10.1. The zero-order chi connectivity index (χ0) is 15.1. The largest absolute Gasteiger partial charge is 0.380 e. The molecule has 0 fully saturated rings. The first-order valence-corrected chi connectivity index (χ1v) is 6.69. The Bertz CT molecular complexity index is 506. The highest BCUT2D eigenvalue weighted by Crippen LogP contribution is 2.22. The summed E-state index contributed by atoms with van der Waals surface area (Å²) in [6, 6.07) is 6.45. The monoisotopic (exact) mass is 276 g/mol. The summed E-state index contributed by atoms with van der Waals surface area (Å²) in [7, 11) is 0. The number of hydrogen-bond donors (Lipinski definition) is 1. The van der Waals surface area contributed by atoms with Gasteiger partial charge in [-0.05, 0) is 26.1 Å². The van der Waals surface area contributed by atoms with Gasteiger partial charge in [0, 0.05) is 24.7 Å². The van der Waals surface area contributed by atoms with Gasteiger partial charge in [-0.2, -0.15) is 5.26 Å². The molecule has 0 heterocycles. The third kappa shape index (κ3) is 4.21. The number of nitro groups is 1. The standard InChI is InChI=1S/C14H20N4O2/c1-4-17(5-2)10-11(3)16-14-7-6-13(18(19)20)8-12(14)9-15/h6-8,11,16H,4-5,10H2,1-3H3. The highest BCUT2D eigenvalue weighted by atomic mass is 16.6. The Hall–Kier alpha value is -2.13. The lowest BCUT2D eigenvalue weighted by molar-refractivity contribution is -0.384. The number of rotatable bonds is 7. The molecule has 0 aliphatic rings. The minimum absolute atomic E-state index is 0.0662. The Morgan fingerprint density at radius 2 is 2.10 bits per heavy atom. The molecule has 6 nitrogen and oxygen atoms in total. The van der Waals surface area contributed by atoms with Crippen LogP contribution in [-0.4, -0.2) is 35.5 Å². The van der Waals surface area contributed by atoms with Crippen molar-refractivity contribution < 1.29 is 4.92 Å². The van der Waals surface area contributed by atoms with Crippen molar-refractivity contribution in [2.75, 3.05) is 25.0 Å². The molecule has 20 heavy (non-hydrogen) atoms. The summed E-state index contributed by atoms with van der Waals surface area (Å²) in [5.74, 6) is 0. The van der Waals surface area contributed by atoms with Crippen molar-refractivity contribution in [3.63, 3.8) is 0 Å². The smallest absolute Gasteiger partial charge is 0.270 e. The molecule has 0 radical (unpaired) electrons. The number of benzene rings is 1. The molecule has 1 unspecified atom stereocenters. The first-order chi connectivity index (χ1) is 9.51. The predicted octanol–water partition coefficient (Wildman–Crippen LogP) is 2.61. The van der Waals surface area contributed by atoms with E-state index >= 15 is 0 Å². The van der Waals surface area contributed by atoms with E-state index in [1.807, 2.05) is 13.0 Å². The Morgan fingerprint density at radius 3 is 2.60 bits per heavy atom. The van der Waals surface area contributed by atoms with Gasteiger partial charge in [-0.3, -0.25) is 10.1 Å². The van der Waals surface area contributed by atoms with Crippen LogP contribution in [-0.2, 0) is 0 Å². The van der Waals surface area contributed by atoms with Gasteiger partial charge in [0.2, 0.25) is 0 Å². The second-order valence-electron chi connectivity index (χ2n) is 4.63. The molecule has 0 bridgehead atoms. The number of nitrogens with zero attached hydrogens (tertiary/aromatic N) is 3. The lowest BCUT2D eigenvalue weighted by Crippen LogP contribution is -2.34. The molecule has 1 aromatic carbocycles. The molecule has 6 heteroatoms. The number of nitriles is 1. The Balaban J connectivity index is 2.82. The van der Waals surface area contributed by atoms with E-state index in [0.717, 1.165) is 19.6 Å². The van der Waals surface area contributed by atoms with E-state index in [1.54, 1.807) is 6.07 Å². The van der Waals surface area contributed by atoms with Crippen LogP contribution in [0.5, 0.6) is 0 Å². The minimum Gasteiger partial charge on any atom is -0.380 e. The van der Waals surface area contributed by atoms with E-state index in [-0.39, 0.29) is 11.7 Å². The summed E-state index contributed by atoms with van der Waals surface area (Å²) in [6.07, 6.45) is 0. The zero-order valence-electron chi connectivity index (χ0n) is 12.1. The number of non-ortho nitro benzene ring substituents is 1. The van der Waals surface area contributed by atoms with Gasteiger partial charge in [-0.15, -0.1) is 0 Å². The van der Waals surface area contributed by atoms with Crippen molar-refractivity contribution in [3.8, 4) is 6.07 Å². The fourth-order valence-corrected chi connectivity index (χ4v) is 2.04. The first kappa shape index (κ1) is 15.9. The van der Waals surface area contributed by atoms with Crippen molar-refractivity contribution in [1.29, 1.82) is 5.26 Å². The predicted molar refractivity (Wildman–Crippen MR) is 78.7 cm³/mol. The molecule has 0 saturated heterocycles. The number of nitrogens with one attached hydrogen (secondary N) is 1. The van der Waals surface area contributed by atoms with Crippen LogP contribution in [0.4, 0.5) is 11.4 Å². The fraction of sp³-hybridized carbons (Fsp3) is 0.500.